The van der Waals surface area contributed by atoms with Crippen molar-refractivity contribution in [2.45, 2.75) is 19.4 Å². The van der Waals surface area contributed by atoms with Crippen LogP contribution in [0.2, 0.25) is 10.0 Å². The van der Waals surface area contributed by atoms with E-state index in [0.29, 0.717) is 16.6 Å². The number of aryl methyl sites for hydroxylation is 1. The highest BCUT2D eigenvalue weighted by Crippen LogP contribution is 2.25. The third kappa shape index (κ3) is 4.39. The number of aromatic nitrogens is 2. The zero-order valence-corrected chi connectivity index (χ0v) is 13.9. The zero-order valence-electron chi connectivity index (χ0n) is 12.4. The van der Waals surface area contributed by atoms with Gasteiger partial charge >= 0.3 is 6.03 Å². The van der Waals surface area contributed by atoms with Gasteiger partial charge < -0.3 is 10.6 Å². The van der Waals surface area contributed by atoms with Crippen molar-refractivity contribution < 1.29 is 4.79 Å². The second-order valence-electron chi connectivity index (χ2n) is 4.99. The van der Waals surface area contributed by atoms with Gasteiger partial charge in [0.15, 0.2) is 0 Å². The van der Waals surface area contributed by atoms with Gasteiger partial charge in [-0.3, -0.25) is 4.68 Å². The summed E-state index contributed by atoms with van der Waals surface area (Å²) in [5.41, 5.74) is 1.97. The lowest BCUT2D eigenvalue weighted by Gasteiger charge is -2.15. The molecule has 0 aliphatic rings. The van der Waals surface area contributed by atoms with Gasteiger partial charge in [-0.1, -0.05) is 29.3 Å². The standard InChI is InChI=1S/C15H18Cl2N4O/c1-10(11-3-4-13(16)14(17)9-11)20-15(22)18-7-5-12-6-8-19-21(12)2/h3-4,6,8-10H,5,7H2,1-2H3,(H2,18,20,22)/t10-/m0/s1. The molecule has 2 amide bonds. The molecule has 1 atom stereocenters. The van der Waals surface area contributed by atoms with E-state index in [-0.39, 0.29) is 12.1 Å². The van der Waals surface area contributed by atoms with Crippen LogP contribution < -0.4 is 10.6 Å². The summed E-state index contributed by atoms with van der Waals surface area (Å²) < 4.78 is 1.79. The van der Waals surface area contributed by atoms with Crippen molar-refractivity contribution in [3.63, 3.8) is 0 Å². The number of amides is 2. The minimum absolute atomic E-state index is 0.161. The molecule has 1 aromatic carbocycles. The van der Waals surface area contributed by atoms with Gasteiger partial charge in [-0.2, -0.15) is 5.10 Å². The number of rotatable bonds is 5. The van der Waals surface area contributed by atoms with Crippen molar-refractivity contribution in [2.75, 3.05) is 6.54 Å². The number of hydrogen-bond donors (Lipinski definition) is 2. The van der Waals surface area contributed by atoms with Gasteiger partial charge in [0.1, 0.15) is 0 Å². The van der Waals surface area contributed by atoms with E-state index in [4.69, 9.17) is 23.2 Å². The minimum atomic E-state index is -0.222. The Morgan fingerprint density at radius 3 is 2.73 bits per heavy atom. The first-order valence-corrected chi connectivity index (χ1v) is 7.69. The van der Waals surface area contributed by atoms with E-state index in [1.54, 1.807) is 23.0 Å². The van der Waals surface area contributed by atoms with Crippen LogP contribution in [0.3, 0.4) is 0 Å². The van der Waals surface area contributed by atoms with Crippen LogP contribution in [0.25, 0.3) is 0 Å². The SMILES string of the molecule is C[C@H](NC(=O)NCCc1ccnn1C)c1ccc(Cl)c(Cl)c1. The fraction of sp³-hybridized carbons (Fsp3) is 0.333. The second kappa shape index (κ2) is 7.51. The molecule has 0 spiro atoms. The molecule has 118 valence electrons. The maximum Gasteiger partial charge on any atom is 0.315 e. The Morgan fingerprint density at radius 1 is 1.32 bits per heavy atom. The number of carbonyl (C=O) groups is 1. The molecule has 0 radical (unpaired) electrons. The molecular formula is C15H18Cl2N4O. The first-order valence-electron chi connectivity index (χ1n) is 6.93. The van der Waals surface area contributed by atoms with Gasteiger partial charge in [-0.15, -0.1) is 0 Å². The number of carbonyl (C=O) groups excluding carboxylic acids is 1. The van der Waals surface area contributed by atoms with Crippen molar-refractivity contribution in [1.29, 1.82) is 0 Å². The summed E-state index contributed by atoms with van der Waals surface area (Å²) in [6.07, 6.45) is 2.47. The first-order chi connectivity index (χ1) is 10.5. The highest BCUT2D eigenvalue weighted by atomic mass is 35.5. The van der Waals surface area contributed by atoms with E-state index in [1.165, 1.54) is 0 Å². The normalized spacial score (nSPS) is 12.0. The number of halogens is 2. The molecule has 22 heavy (non-hydrogen) atoms. The molecule has 0 saturated carbocycles. The number of nitrogens with one attached hydrogen (secondary N) is 2. The number of nitrogens with zero attached hydrogens (tertiary/aromatic N) is 2. The van der Waals surface area contributed by atoms with Crippen LogP contribution in [0.4, 0.5) is 4.79 Å². The molecule has 0 saturated heterocycles. The fourth-order valence-electron chi connectivity index (χ4n) is 2.06. The van der Waals surface area contributed by atoms with Crippen LogP contribution in [0, 0.1) is 0 Å². The highest BCUT2D eigenvalue weighted by Gasteiger charge is 2.10. The van der Waals surface area contributed by atoms with Crippen molar-refractivity contribution in [1.82, 2.24) is 20.4 Å². The zero-order chi connectivity index (χ0) is 16.1. The van der Waals surface area contributed by atoms with Crippen molar-refractivity contribution in [3.05, 3.63) is 51.8 Å². The molecule has 2 rings (SSSR count). The van der Waals surface area contributed by atoms with Crippen LogP contribution in [-0.4, -0.2) is 22.4 Å². The Balaban J connectivity index is 1.81. The highest BCUT2D eigenvalue weighted by molar-refractivity contribution is 6.42. The number of urea groups is 1. The predicted molar refractivity (Wildman–Crippen MR) is 88.3 cm³/mol. The van der Waals surface area contributed by atoms with Gasteiger partial charge in [0.2, 0.25) is 0 Å². The van der Waals surface area contributed by atoms with E-state index in [2.05, 4.69) is 15.7 Å². The predicted octanol–water partition coefficient (Wildman–Crippen LogP) is 3.33. The number of benzene rings is 1. The summed E-state index contributed by atoms with van der Waals surface area (Å²) in [5.74, 6) is 0. The molecule has 0 unspecified atom stereocenters. The van der Waals surface area contributed by atoms with Crippen molar-refractivity contribution in [3.8, 4) is 0 Å². The lowest BCUT2D eigenvalue weighted by atomic mass is 10.1. The van der Waals surface area contributed by atoms with Crippen LogP contribution in [0.15, 0.2) is 30.5 Å². The molecule has 1 heterocycles. The van der Waals surface area contributed by atoms with Crippen LogP contribution in [0.1, 0.15) is 24.2 Å². The summed E-state index contributed by atoms with van der Waals surface area (Å²) in [5, 5.41) is 10.7. The Hall–Kier alpha value is -1.72. The molecule has 0 fully saturated rings. The van der Waals surface area contributed by atoms with Crippen LogP contribution >= 0.6 is 23.2 Å². The molecule has 2 aromatic rings. The van der Waals surface area contributed by atoms with E-state index in [1.807, 2.05) is 26.1 Å². The quantitative estimate of drug-likeness (QED) is 0.876. The Morgan fingerprint density at radius 2 is 2.09 bits per heavy atom. The summed E-state index contributed by atoms with van der Waals surface area (Å²) in [6.45, 7) is 2.43. The molecule has 0 aliphatic heterocycles. The summed E-state index contributed by atoms with van der Waals surface area (Å²) in [7, 11) is 1.88. The third-order valence-corrected chi connectivity index (χ3v) is 4.12. The van der Waals surface area contributed by atoms with Crippen LogP contribution in [0.5, 0.6) is 0 Å². The second-order valence-corrected chi connectivity index (χ2v) is 5.81. The first kappa shape index (κ1) is 16.6. The molecule has 0 aliphatic carbocycles. The lowest BCUT2D eigenvalue weighted by Crippen LogP contribution is -2.38. The van der Waals surface area contributed by atoms with Crippen molar-refractivity contribution in [2.24, 2.45) is 7.05 Å². The average molecular weight is 341 g/mol. The fourth-order valence-corrected chi connectivity index (χ4v) is 2.37. The van der Waals surface area contributed by atoms with E-state index >= 15 is 0 Å². The topological polar surface area (TPSA) is 59.0 Å². The van der Waals surface area contributed by atoms with Gasteiger partial charge in [0.25, 0.3) is 0 Å². The van der Waals surface area contributed by atoms with Gasteiger partial charge in [0.05, 0.1) is 16.1 Å². The molecular weight excluding hydrogens is 323 g/mol. The third-order valence-electron chi connectivity index (χ3n) is 3.38. The number of hydrogen-bond acceptors (Lipinski definition) is 2. The smallest absolute Gasteiger partial charge is 0.315 e. The molecule has 5 nitrogen and oxygen atoms in total. The van der Waals surface area contributed by atoms with E-state index in [9.17, 15) is 4.79 Å². The molecule has 0 bridgehead atoms. The Labute approximate surface area is 139 Å². The molecule has 7 heteroatoms. The minimum Gasteiger partial charge on any atom is -0.338 e. The van der Waals surface area contributed by atoms with Gasteiger partial charge in [-0.25, -0.2) is 4.79 Å². The maximum atomic E-state index is 11.9. The van der Waals surface area contributed by atoms with Gasteiger partial charge in [0, 0.05) is 31.9 Å². The van der Waals surface area contributed by atoms with Gasteiger partial charge in [-0.05, 0) is 30.7 Å². The largest absolute Gasteiger partial charge is 0.338 e. The lowest BCUT2D eigenvalue weighted by molar-refractivity contribution is 0.238. The monoisotopic (exact) mass is 340 g/mol. The Kier molecular flexibility index (Phi) is 5.69. The summed E-state index contributed by atoms with van der Waals surface area (Å²) in [4.78, 5) is 11.9. The molecule has 2 N–H and O–H groups in total. The van der Waals surface area contributed by atoms with Crippen LogP contribution in [-0.2, 0) is 13.5 Å². The van der Waals surface area contributed by atoms with E-state index < -0.39 is 0 Å². The van der Waals surface area contributed by atoms with Crippen molar-refractivity contribution >= 4 is 29.2 Å². The summed E-state index contributed by atoms with van der Waals surface area (Å²) >= 11 is 11.9. The Bertz CT molecular complexity index is 657. The van der Waals surface area contributed by atoms with E-state index in [0.717, 1.165) is 17.7 Å². The molecule has 1 aromatic heterocycles. The maximum absolute atomic E-state index is 11.9. The summed E-state index contributed by atoms with van der Waals surface area (Å²) in [6, 6.07) is 6.86. The average Bonchev–Trinajstić information content (AvgIpc) is 2.87.